The maximum atomic E-state index is 12.7. The second kappa shape index (κ2) is 10.8. The summed E-state index contributed by atoms with van der Waals surface area (Å²) >= 11 is 0. The smallest absolute Gasteiger partial charge is 0.308 e. The van der Waals surface area contributed by atoms with E-state index in [1.807, 2.05) is 12.1 Å². The molecule has 0 spiro atoms. The standard InChI is InChI=1S/C22H25NO5/c1-4-13-28-18-11-9-16(10-12-18)22(25)23-20(15-21(24)27-5-2)17-7-6-8-19(14-17)26-3/h4,6-12,14,20H,1,5,13,15H2,2-3H3,(H,23,25). The van der Waals surface area contributed by atoms with Crippen molar-refractivity contribution in [3.63, 3.8) is 0 Å². The summed E-state index contributed by atoms with van der Waals surface area (Å²) in [6.07, 6.45) is 1.67. The van der Waals surface area contributed by atoms with Crippen LogP contribution in [0.25, 0.3) is 0 Å². The molecule has 0 aliphatic carbocycles. The molecule has 0 aliphatic rings. The molecule has 1 atom stereocenters. The molecular weight excluding hydrogens is 358 g/mol. The van der Waals surface area contributed by atoms with Crippen LogP contribution in [0.15, 0.2) is 61.2 Å². The average Bonchev–Trinajstić information content (AvgIpc) is 2.72. The van der Waals surface area contributed by atoms with Gasteiger partial charge in [0, 0.05) is 5.56 Å². The third kappa shape index (κ3) is 6.16. The molecule has 0 saturated heterocycles. The van der Waals surface area contributed by atoms with E-state index < -0.39 is 6.04 Å². The van der Waals surface area contributed by atoms with Crippen molar-refractivity contribution in [2.45, 2.75) is 19.4 Å². The van der Waals surface area contributed by atoms with E-state index in [0.717, 1.165) is 5.56 Å². The van der Waals surface area contributed by atoms with E-state index in [9.17, 15) is 9.59 Å². The molecule has 148 valence electrons. The fraction of sp³-hybridized carbons (Fsp3) is 0.273. The number of rotatable bonds is 10. The summed E-state index contributed by atoms with van der Waals surface area (Å²) in [5, 5.41) is 2.90. The van der Waals surface area contributed by atoms with Gasteiger partial charge in [-0.15, -0.1) is 0 Å². The van der Waals surface area contributed by atoms with E-state index >= 15 is 0 Å². The summed E-state index contributed by atoms with van der Waals surface area (Å²) in [5.74, 6) is 0.604. The minimum Gasteiger partial charge on any atom is -0.497 e. The zero-order valence-corrected chi connectivity index (χ0v) is 16.1. The first-order valence-corrected chi connectivity index (χ1v) is 9.01. The summed E-state index contributed by atoms with van der Waals surface area (Å²) in [6.45, 7) is 6.01. The number of carbonyl (C=O) groups excluding carboxylic acids is 2. The topological polar surface area (TPSA) is 73.9 Å². The molecule has 0 saturated carbocycles. The van der Waals surface area contributed by atoms with Gasteiger partial charge in [-0.1, -0.05) is 24.8 Å². The first kappa shape index (κ1) is 21.0. The SMILES string of the molecule is C=CCOc1ccc(C(=O)NC(CC(=O)OCC)c2cccc(OC)c2)cc1. The zero-order chi connectivity index (χ0) is 20.4. The predicted molar refractivity (Wildman–Crippen MR) is 107 cm³/mol. The number of hydrogen-bond donors (Lipinski definition) is 1. The Morgan fingerprint density at radius 1 is 1.14 bits per heavy atom. The highest BCUT2D eigenvalue weighted by Crippen LogP contribution is 2.23. The van der Waals surface area contributed by atoms with E-state index in [4.69, 9.17) is 14.2 Å². The third-order valence-electron chi connectivity index (χ3n) is 3.96. The number of ether oxygens (including phenoxy) is 3. The monoisotopic (exact) mass is 383 g/mol. The molecule has 0 radical (unpaired) electrons. The molecule has 6 nitrogen and oxygen atoms in total. The average molecular weight is 383 g/mol. The number of carbonyl (C=O) groups is 2. The molecule has 0 aromatic heterocycles. The van der Waals surface area contributed by atoms with Crippen LogP contribution in [0.4, 0.5) is 0 Å². The minimum absolute atomic E-state index is 0.0211. The molecular formula is C22H25NO5. The number of nitrogens with one attached hydrogen (secondary N) is 1. The third-order valence-corrected chi connectivity index (χ3v) is 3.96. The first-order chi connectivity index (χ1) is 13.6. The van der Waals surface area contributed by atoms with Gasteiger partial charge in [0.1, 0.15) is 18.1 Å². The zero-order valence-electron chi connectivity index (χ0n) is 16.1. The lowest BCUT2D eigenvalue weighted by atomic mass is 10.0. The number of benzene rings is 2. The van der Waals surface area contributed by atoms with Crippen LogP contribution in [0, 0.1) is 0 Å². The van der Waals surface area contributed by atoms with Crippen molar-refractivity contribution in [2.24, 2.45) is 0 Å². The number of amides is 1. The molecule has 0 fully saturated rings. The highest BCUT2D eigenvalue weighted by Gasteiger charge is 2.20. The van der Waals surface area contributed by atoms with E-state index in [-0.39, 0.29) is 24.9 Å². The van der Waals surface area contributed by atoms with Gasteiger partial charge in [-0.3, -0.25) is 9.59 Å². The number of hydrogen-bond acceptors (Lipinski definition) is 5. The Hall–Kier alpha value is -3.28. The van der Waals surface area contributed by atoms with E-state index in [1.165, 1.54) is 0 Å². The Labute approximate surface area is 165 Å². The Balaban J connectivity index is 2.17. The van der Waals surface area contributed by atoms with Crippen molar-refractivity contribution in [1.82, 2.24) is 5.32 Å². The lowest BCUT2D eigenvalue weighted by Crippen LogP contribution is -2.30. The van der Waals surface area contributed by atoms with Gasteiger partial charge in [0.05, 0.1) is 26.2 Å². The Morgan fingerprint density at radius 2 is 1.89 bits per heavy atom. The van der Waals surface area contributed by atoms with Gasteiger partial charge in [-0.25, -0.2) is 0 Å². The summed E-state index contributed by atoms with van der Waals surface area (Å²) in [4.78, 5) is 24.7. The molecule has 1 amide bonds. The van der Waals surface area contributed by atoms with Crippen LogP contribution in [0.5, 0.6) is 11.5 Å². The first-order valence-electron chi connectivity index (χ1n) is 9.01. The molecule has 6 heteroatoms. The Morgan fingerprint density at radius 3 is 2.54 bits per heavy atom. The highest BCUT2D eigenvalue weighted by molar-refractivity contribution is 5.94. The minimum atomic E-state index is -0.543. The number of methoxy groups -OCH3 is 1. The quantitative estimate of drug-likeness (QED) is 0.500. The van der Waals surface area contributed by atoms with Crippen molar-refractivity contribution >= 4 is 11.9 Å². The largest absolute Gasteiger partial charge is 0.497 e. The summed E-state index contributed by atoms with van der Waals surface area (Å²) in [7, 11) is 1.56. The molecule has 1 unspecified atom stereocenters. The van der Waals surface area contributed by atoms with Gasteiger partial charge >= 0.3 is 5.97 Å². The Bertz CT molecular complexity index is 801. The van der Waals surface area contributed by atoms with E-state index in [0.29, 0.717) is 23.7 Å². The maximum Gasteiger partial charge on any atom is 0.308 e. The van der Waals surface area contributed by atoms with Crippen molar-refractivity contribution in [1.29, 1.82) is 0 Å². The van der Waals surface area contributed by atoms with Crippen LogP contribution in [-0.2, 0) is 9.53 Å². The van der Waals surface area contributed by atoms with Crippen molar-refractivity contribution in [3.05, 3.63) is 72.3 Å². The molecule has 0 bridgehead atoms. The van der Waals surface area contributed by atoms with Crippen LogP contribution in [0.2, 0.25) is 0 Å². The lowest BCUT2D eigenvalue weighted by molar-refractivity contribution is -0.143. The van der Waals surface area contributed by atoms with Gasteiger partial charge in [-0.2, -0.15) is 0 Å². The Kier molecular flexibility index (Phi) is 8.09. The van der Waals surface area contributed by atoms with Gasteiger partial charge in [0.2, 0.25) is 0 Å². The molecule has 2 rings (SSSR count). The van der Waals surface area contributed by atoms with Gasteiger partial charge < -0.3 is 19.5 Å². The van der Waals surface area contributed by atoms with Crippen LogP contribution in [0.1, 0.15) is 35.3 Å². The highest BCUT2D eigenvalue weighted by atomic mass is 16.5. The molecule has 2 aromatic rings. The molecule has 0 aliphatic heterocycles. The molecule has 0 heterocycles. The molecule has 1 N–H and O–H groups in total. The molecule has 28 heavy (non-hydrogen) atoms. The van der Waals surface area contributed by atoms with Crippen LogP contribution < -0.4 is 14.8 Å². The van der Waals surface area contributed by atoms with E-state index in [2.05, 4.69) is 11.9 Å². The van der Waals surface area contributed by atoms with Crippen molar-refractivity contribution in [3.8, 4) is 11.5 Å². The lowest BCUT2D eigenvalue weighted by Gasteiger charge is -2.19. The number of esters is 1. The second-order valence-corrected chi connectivity index (χ2v) is 5.94. The normalized spacial score (nSPS) is 11.2. The van der Waals surface area contributed by atoms with Crippen LogP contribution in [0.3, 0.4) is 0 Å². The summed E-state index contributed by atoms with van der Waals surface area (Å²) < 4.78 is 15.7. The summed E-state index contributed by atoms with van der Waals surface area (Å²) in [6, 6.07) is 13.4. The summed E-state index contributed by atoms with van der Waals surface area (Å²) in [5.41, 5.74) is 1.22. The second-order valence-electron chi connectivity index (χ2n) is 5.94. The van der Waals surface area contributed by atoms with E-state index in [1.54, 1.807) is 56.5 Å². The fourth-order valence-corrected chi connectivity index (χ4v) is 2.60. The van der Waals surface area contributed by atoms with Crippen molar-refractivity contribution < 1.29 is 23.8 Å². The van der Waals surface area contributed by atoms with Gasteiger partial charge in [0.15, 0.2) is 0 Å². The van der Waals surface area contributed by atoms with Crippen LogP contribution >= 0.6 is 0 Å². The fourth-order valence-electron chi connectivity index (χ4n) is 2.60. The predicted octanol–water partition coefficient (Wildman–Crippen LogP) is 3.68. The molecule has 2 aromatic carbocycles. The maximum absolute atomic E-state index is 12.7. The van der Waals surface area contributed by atoms with Crippen LogP contribution in [-0.4, -0.2) is 32.2 Å². The van der Waals surface area contributed by atoms with Crippen molar-refractivity contribution in [2.75, 3.05) is 20.3 Å². The van der Waals surface area contributed by atoms with Gasteiger partial charge in [0.25, 0.3) is 5.91 Å². The van der Waals surface area contributed by atoms with Gasteiger partial charge in [-0.05, 0) is 48.9 Å².